The Morgan fingerprint density at radius 3 is 2.56 bits per heavy atom. The van der Waals surface area contributed by atoms with Gasteiger partial charge in [0.05, 0.1) is 0 Å². The molecule has 1 unspecified atom stereocenters. The van der Waals surface area contributed by atoms with Crippen LogP contribution in [0.15, 0.2) is 24.3 Å². The molecule has 1 aromatic carbocycles. The SMILES string of the molecule is CCCCCCC(CNCC)c1ccccc1Cl. The van der Waals surface area contributed by atoms with Gasteiger partial charge in [0.25, 0.3) is 0 Å². The molecule has 1 atom stereocenters. The molecule has 18 heavy (non-hydrogen) atoms. The zero-order valence-electron chi connectivity index (χ0n) is 11.7. The first-order chi connectivity index (χ1) is 8.79. The molecule has 0 saturated carbocycles. The predicted octanol–water partition coefficient (Wildman–Crippen LogP) is 5.00. The van der Waals surface area contributed by atoms with Gasteiger partial charge in [0.2, 0.25) is 0 Å². The summed E-state index contributed by atoms with van der Waals surface area (Å²) < 4.78 is 0. The number of nitrogens with one attached hydrogen (secondary N) is 1. The summed E-state index contributed by atoms with van der Waals surface area (Å²) >= 11 is 6.31. The summed E-state index contributed by atoms with van der Waals surface area (Å²) in [5.41, 5.74) is 1.30. The molecule has 0 aliphatic rings. The maximum atomic E-state index is 6.31. The molecule has 102 valence electrons. The second kappa shape index (κ2) is 9.41. The lowest BCUT2D eigenvalue weighted by Crippen LogP contribution is -2.21. The fourth-order valence-electron chi connectivity index (χ4n) is 2.31. The van der Waals surface area contributed by atoms with Crippen LogP contribution in [-0.4, -0.2) is 13.1 Å². The third-order valence-electron chi connectivity index (χ3n) is 3.39. The fourth-order valence-corrected chi connectivity index (χ4v) is 2.60. The smallest absolute Gasteiger partial charge is 0.0441 e. The van der Waals surface area contributed by atoms with Crippen molar-refractivity contribution in [1.82, 2.24) is 5.32 Å². The van der Waals surface area contributed by atoms with E-state index in [9.17, 15) is 0 Å². The van der Waals surface area contributed by atoms with Crippen molar-refractivity contribution in [3.63, 3.8) is 0 Å². The molecule has 1 aromatic rings. The third kappa shape index (κ3) is 5.41. The van der Waals surface area contributed by atoms with E-state index in [2.05, 4.69) is 31.3 Å². The lowest BCUT2D eigenvalue weighted by atomic mass is 9.93. The van der Waals surface area contributed by atoms with Gasteiger partial charge in [0.15, 0.2) is 0 Å². The number of rotatable bonds is 9. The average molecular weight is 268 g/mol. The van der Waals surface area contributed by atoms with Gasteiger partial charge in [-0.15, -0.1) is 0 Å². The maximum Gasteiger partial charge on any atom is 0.0441 e. The van der Waals surface area contributed by atoms with Gasteiger partial charge in [-0.05, 0) is 30.5 Å². The zero-order valence-corrected chi connectivity index (χ0v) is 12.5. The predicted molar refractivity (Wildman–Crippen MR) is 81.5 cm³/mol. The molecule has 0 fully saturated rings. The van der Waals surface area contributed by atoms with Crippen LogP contribution in [0.4, 0.5) is 0 Å². The standard InChI is InChI=1S/C16H26ClN/c1-3-5-6-7-10-14(13-18-4-2)15-11-8-9-12-16(15)17/h8-9,11-12,14,18H,3-7,10,13H2,1-2H3. The number of unbranched alkanes of at least 4 members (excludes halogenated alkanes) is 3. The van der Waals surface area contributed by atoms with Gasteiger partial charge in [-0.1, -0.05) is 69.3 Å². The van der Waals surface area contributed by atoms with Crippen LogP contribution in [0, 0.1) is 0 Å². The van der Waals surface area contributed by atoms with E-state index in [4.69, 9.17) is 11.6 Å². The first-order valence-corrected chi connectivity index (χ1v) is 7.62. The van der Waals surface area contributed by atoms with Gasteiger partial charge in [-0.3, -0.25) is 0 Å². The minimum Gasteiger partial charge on any atom is -0.316 e. The maximum absolute atomic E-state index is 6.31. The Morgan fingerprint density at radius 1 is 1.11 bits per heavy atom. The molecule has 1 N–H and O–H groups in total. The molecule has 0 heterocycles. The highest BCUT2D eigenvalue weighted by Crippen LogP contribution is 2.28. The molecule has 1 nitrogen and oxygen atoms in total. The van der Waals surface area contributed by atoms with E-state index < -0.39 is 0 Å². The Kier molecular flexibility index (Phi) is 8.11. The normalized spacial score (nSPS) is 12.6. The van der Waals surface area contributed by atoms with Crippen molar-refractivity contribution >= 4 is 11.6 Å². The average Bonchev–Trinajstić information content (AvgIpc) is 2.39. The summed E-state index contributed by atoms with van der Waals surface area (Å²) in [6.45, 7) is 6.47. The van der Waals surface area contributed by atoms with E-state index >= 15 is 0 Å². The minimum atomic E-state index is 0.551. The van der Waals surface area contributed by atoms with Crippen LogP contribution in [-0.2, 0) is 0 Å². The second-order valence-corrected chi connectivity index (χ2v) is 5.28. The Balaban J connectivity index is 2.57. The molecule has 0 saturated heterocycles. The molecule has 0 bridgehead atoms. The summed E-state index contributed by atoms with van der Waals surface area (Å²) in [4.78, 5) is 0. The third-order valence-corrected chi connectivity index (χ3v) is 3.74. The van der Waals surface area contributed by atoms with Gasteiger partial charge < -0.3 is 5.32 Å². The van der Waals surface area contributed by atoms with Crippen LogP contribution in [0.2, 0.25) is 5.02 Å². The lowest BCUT2D eigenvalue weighted by Gasteiger charge is -2.19. The van der Waals surface area contributed by atoms with Gasteiger partial charge in [0.1, 0.15) is 0 Å². The van der Waals surface area contributed by atoms with Crippen LogP contribution >= 0.6 is 11.6 Å². The molecule has 2 heteroatoms. The fraction of sp³-hybridized carbons (Fsp3) is 0.625. The van der Waals surface area contributed by atoms with E-state index in [0.717, 1.165) is 18.1 Å². The first kappa shape index (κ1) is 15.5. The van der Waals surface area contributed by atoms with Crippen LogP contribution in [0.25, 0.3) is 0 Å². The highest BCUT2D eigenvalue weighted by molar-refractivity contribution is 6.31. The number of halogens is 1. The molecule has 0 amide bonds. The van der Waals surface area contributed by atoms with Crippen molar-refractivity contribution in [2.45, 2.75) is 51.9 Å². The molecule has 0 radical (unpaired) electrons. The molecule has 0 spiro atoms. The summed E-state index contributed by atoms with van der Waals surface area (Å²) in [5.74, 6) is 0.551. The van der Waals surface area contributed by atoms with Gasteiger partial charge >= 0.3 is 0 Å². The number of likely N-dealkylation sites (N-methyl/N-ethyl adjacent to an activating group) is 1. The van der Waals surface area contributed by atoms with E-state index in [1.807, 2.05) is 12.1 Å². The number of hydrogen-bond acceptors (Lipinski definition) is 1. The first-order valence-electron chi connectivity index (χ1n) is 7.24. The van der Waals surface area contributed by atoms with Crippen LogP contribution in [0.3, 0.4) is 0 Å². The quantitative estimate of drug-likeness (QED) is 0.621. The summed E-state index contributed by atoms with van der Waals surface area (Å²) in [6.07, 6.45) is 6.51. The summed E-state index contributed by atoms with van der Waals surface area (Å²) in [5, 5.41) is 4.37. The van der Waals surface area contributed by atoms with Crippen molar-refractivity contribution in [2.24, 2.45) is 0 Å². The van der Waals surface area contributed by atoms with Crippen molar-refractivity contribution in [1.29, 1.82) is 0 Å². The van der Waals surface area contributed by atoms with Gasteiger partial charge in [0, 0.05) is 11.6 Å². The summed E-state index contributed by atoms with van der Waals surface area (Å²) in [6, 6.07) is 8.27. The largest absolute Gasteiger partial charge is 0.316 e. The van der Waals surface area contributed by atoms with Crippen LogP contribution < -0.4 is 5.32 Å². The molecule has 0 aromatic heterocycles. The highest BCUT2D eigenvalue weighted by Gasteiger charge is 2.13. The highest BCUT2D eigenvalue weighted by atomic mass is 35.5. The van der Waals surface area contributed by atoms with Crippen molar-refractivity contribution in [3.8, 4) is 0 Å². The minimum absolute atomic E-state index is 0.551. The Hall–Kier alpha value is -0.530. The zero-order chi connectivity index (χ0) is 13.2. The Morgan fingerprint density at radius 2 is 1.89 bits per heavy atom. The molecule has 1 rings (SSSR count). The Labute approximate surface area is 117 Å². The molecule has 0 aliphatic carbocycles. The van der Waals surface area contributed by atoms with Gasteiger partial charge in [-0.2, -0.15) is 0 Å². The van der Waals surface area contributed by atoms with E-state index in [0.29, 0.717) is 5.92 Å². The van der Waals surface area contributed by atoms with Gasteiger partial charge in [-0.25, -0.2) is 0 Å². The van der Waals surface area contributed by atoms with Crippen molar-refractivity contribution in [2.75, 3.05) is 13.1 Å². The summed E-state index contributed by atoms with van der Waals surface area (Å²) in [7, 11) is 0. The number of hydrogen-bond donors (Lipinski definition) is 1. The molecular weight excluding hydrogens is 242 g/mol. The van der Waals surface area contributed by atoms with E-state index in [1.54, 1.807) is 0 Å². The van der Waals surface area contributed by atoms with Crippen LogP contribution in [0.1, 0.15) is 57.4 Å². The lowest BCUT2D eigenvalue weighted by molar-refractivity contribution is 0.521. The van der Waals surface area contributed by atoms with Crippen LogP contribution in [0.5, 0.6) is 0 Å². The molecular formula is C16H26ClN. The monoisotopic (exact) mass is 267 g/mol. The van der Waals surface area contributed by atoms with E-state index in [-0.39, 0.29) is 0 Å². The second-order valence-electron chi connectivity index (χ2n) is 4.88. The van der Waals surface area contributed by atoms with E-state index in [1.165, 1.54) is 37.7 Å². The van der Waals surface area contributed by atoms with Crippen molar-refractivity contribution in [3.05, 3.63) is 34.9 Å². The molecule has 0 aliphatic heterocycles. The Bertz CT molecular complexity index is 325. The topological polar surface area (TPSA) is 12.0 Å². The number of benzene rings is 1. The van der Waals surface area contributed by atoms with Crippen molar-refractivity contribution < 1.29 is 0 Å².